The van der Waals surface area contributed by atoms with Gasteiger partial charge in [0.25, 0.3) is 5.69 Å². The van der Waals surface area contributed by atoms with Crippen LogP contribution in [0.25, 0.3) is 10.4 Å². The van der Waals surface area contributed by atoms with Crippen LogP contribution in [0.2, 0.25) is 4.34 Å². The van der Waals surface area contributed by atoms with Crippen LogP contribution in [-0.2, 0) is 4.74 Å². The van der Waals surface area contributed by atoms with Crippen molar-refractivity contribution in [1.29, 1.82) is 0 Å². The van der Waals surface area contributed by atoms with Gasteiger partial charge in [0.2, 0.25) is 0 Å². The molecule has 0 unspecified atom stereocenters. The van der Waals surface area contributed by atoms with E-state index in [2.05, 4.69) is 4.74 Å². The summed E-state index contributed by atoms with van der Waals surface area (Å²) in [5.74, 6) is -0.618. The number of thiophene rings is 1. The van der Waals surface area contributed by atoms with Gasteiger partial charge in [0, 0.05) is 17.0 Å². The minimum atomic E-state index is -0.618. The Bertz CT molecular complexity index is 653. The molecule has 0 radical (unpaired) electrons. The average Bonchev–Trinajstić information content (AvgIpc) is 2.84. The first-order valence-electron chi connectivity index (χ1n) is 5.15. The third-order valence-corrected chi connectivity index (χ3v) is 3.69. The van der Waals surface area contributed by atoms with Gasteiger partial charge in [-0.25, -0.2) is 4.79 Å². The molecular weight excluding hydrogens is 290 g/mol. The number of ether oxygens (including phenoxy) is 1. The maximum atomic E-state index is 11.5. The largest absolute Gasteiger partial charge is 0.465 e. The second-order valence-corrected chi connectivity index (χ2v) is 5.34. The van der Waals surface area contributed by atoms with Crippen LogP contribution >= 0.6 is 22.9 Å². The van der Waals surface area contributed by atoms with Crippen molar-refractivity contribution in [1.82, 2.24) is 0 Å². The fraction of sp³-hybridized carbons (Fsp3) is 0.0833. The first-order chi connectivity index (χ1) is 9.01. The molecule has 1 heterocycles. The van der Waals surface area contributed by atoms with Crippen molar-refractivity contribution in [3.63, 3.8) is 0 Å². The normalized spacial score (nSPS) is 10.2. The van der Waals surface area contributed by atoms with Gasteiger partial charge in [-0.15, -0.1) is 11.3 Å². The minimum absolute atomic E-state index is 0.135. The molecule has 2 aromatic rings. The molecule has 98 valence electrons. The lowest BCUT2D eigenvalue weighted by Crippen LogP contribution is -2.02. The van der Waals surface area contributed by atoms with Gasteiger partial charge in [-0.05, 0) is 23.8 Å². The summed E-state index contributed by atoms with van der Waals surface area (Å²) < 4.78 is 5.15. The number of rotatable bonds is 3. The number of hydrogen-bond donors (Lipinski definition) is 0. The zero-order chi connectivity index (χ0) is 14.0. The number of halogens is 1. The lowest BCUT2D eigenvalue weighted by Gasteiger charge is -2.03. The Morgan fingerprint density at radius 3 is 2.63 bits per heavy atom. The fourth-order valence-electron chi connectivity index (χ4n) is 1.56. The number of benzene rings is 1. The molecule has 0 bridgehead atoms. The minimum Gasteiger partial charge on any atom is -0.465 e. The number of methoxy groups -OCH3 is 1. The number of nitro groups is 1. The predicted molar refractivity (Wildman–Crippen MR) is 72.8 cm³/mol. The van der Waals surface area contributed by atoms with Crippen molar-refractivity contribution in [3.05, 3.63) is 50.3 Å². The maximum Gasteiger partial charge on any atom is 0.338 e. The first kappa shape index (κ1) is 13.5. The number of nitrogens with zero attached hydrogens (tertiary/aromatic N) is 1. The van der Waals surface area contributed by atoms with E-state index >= 15 is 0 Å². The number of non-ortho nitro benzene ring substituents is 1. The highest BCUT2D eigenvalue weighted by Gasteiger charge is 2.16. The van der Waals surface area contributed by atoms with Crippen LogP contribution in [0.4, 0.5) is 5.69 Å². The summed E-state index contributed by atoms with van der Waals surface area (Å²) in [6.07, 6.45) is 0. The summed E-state index contributed by atoms with van der Waals surface area (Å²) >= 11 is 7.12. The van der Waals surface area contributed by atoms with E-state index in [1.165, 1.54) is 30.6 Å². The Morgan fingerprint density at radius 2 is 2.11 bits per heavy atom. The number of carbonyl (C=O) groups excluding carboxylic acids is 1. The lowest BCUT2D eigenvalue weighted by atomic mass is 10.1. The highest BCUT2D eigenvalue weighted by Crippen LogP contribution is 2.33. The second kappa shape index (κ2) is 5.38. The summed E-state index contributed by atoms with van der Waals surface area (Å²) in [6, 6.07) is 7.56. The van der Waals surface area contributed by atoms with Gasteiger partial charge in [-0.3, -0.25) is 10.1 Å². The molecule has 0 aliphatic rings. The third kappa shape index (κ3) is 2.91. The molecule has 5 nitrogen and oxygen atoms in total. The van der Waals surface area contributed by atoms with Crippen molar-refractivity contribution >= 4 is 34.6 Å². The number of esters is 1. The van der Waals surface area contributed by atoms with E-state index in [0.717, 1.165) is 4.88 Å². The first-order valence-corrected chi connectivity index (χ1v) is 6.34. The lowest BCUT2D eigenvalue weighted by molar-refractivity contribution is -0.384. The zero-order valence-electron chi connectivity index (χ0n) is 9.75. The molecule has 0 fully saturated rings. The Balaban J connectivity index is 2.57. The monoisotopic (exact) mass is 297 g/mol. The summed E-state index contributed by atoms with van der Waals surface area (Å²) in [5, 5.41) is 10.9. The summed E-state index contributed by atoms with van der Waals surface area (Å²) in [7, 11) is 1.23. The van der Waals surface area contributed by atoms with Crippen LogP contribution in [0.15, 0.2) is 30.3 Å². The summed E-state index contributed by atoms with van der Waals surface area (Å²) in [6.45, 7) is 0. The molecule has 1 aromatic carbocycles. The van der Waals surface area contributed by atoms with Gasteiger partial charge in [0.15, 0.2) is 0 Å². The molecule has 0 amide bonds. The smallest absolute Gasteiger partial charge is 0.338 e. The van der Waals surface area contributed by atoms with Gasteiger partial charge in [-0.1, -0.05) is 11.6 Å². The molecule has 0 atom stereocenters. The van der Waals surface area contributed by atoms with Crippen molar-refractivity contribution in [2.24, 2.45) is 0 Å². The third-order valence-electron chi connectivity index (χ3n) is 2.41. The molecule has 0 aliphatic heterocycles. The molecule has 7 heteroatoms. The Hall–Kier alpha value is -1.92. The van der Waals surface area contributed by atoms with E-state index in [0.29, 0.717) is 9.90 Å². The quantitative estimate of drug-likeness (QED) is 0.491. The van der Waals surface area contributed by atoms with Crippen LogP contribution < -0.4 is 0 Å². The molecule has 0 aliphatic carbocycles. The van der Waals surface area contributed by atoms with E-state index in [1.54, 1.807) is 18.2 Å². The molecule has 0 saturated carbocycles. The summed E-state index contributed by atoms with van der Waals surface area (Å²) in [4.78, 5) is 22.6. The summed E-state index contributed by atoms with van der Waals surface area (Å²) in [5.41, 5.74) is 0.533. The Kier molecular flexibility index (Phi) is 3.82. The van der Waals surface area contributed by atoms with E-state index < -0.39 is 10.9 Å². The van der Waals surface area contributed by atoms with Gasteiger partial charge in [-0.2, -0.15) is 0 Å². The topological polar surface area (TPSA) is 69.4 Å². The SMILES string of the molecule is COC(=O)c1cc(-c2ccc(Cl)s2)cc([N+](=O)[O-])c1. The van der Waals surface area contributed by atoms with E-state index in [4.69, 9.17) is 11.6 Å². The van der Waals surface area contributed by atoms with Crippen molar-refractivity contribution in [3.8, 4) is 10.4 Å². The average molecular weight is 298 g/mol. The predicted octanol–water partition coefficient (Wildman–Crippen LogP) is 3.76. The van der Waals surface area contributed by atoms with Crippen molar-refractivity contribution < 1.29 is 14.5 Å². The van der Waals surface area contributed by atoms with E-state index in [-0.39, 0.29) is 11.3 Å². The molecule has 19 heavy (non-hydrogen) atoms. The van der Waals surface area contributed by atoms with Gasteiger partial charge in [0.1, 0.15) is 0 Å². The number of hydrogen-bond acceptors (Lipinski definition) is 5. The van der Waals surface area contributed by atoms with Crippen LogP contribution in [0.5, 0.6) is 0 Å². The van der Waals surface area contributed by atoms with Crippen molar-refractivity contribution in [2.75, 3.05) is 7.11 Å². The van der Waals surface area contributed by atoms with Gasteiger partial charge >= 0.3 is 5.97 Å². The molecule has 1 aromatic heterocycles. The highest BCUT2D eigenvalue weighted by atomic mass is 35.5. The van der Waals surface area contributed by atoms with E-state index in [1.807, 2.05) is 0 Å². The standard InChI is InChI=1S/C12H8ClNO4S/c1-18-12(15)8-4-7(5-9(6-8)14(16)17)10-2-3-11(13)19-10/h2-6H,1H3. The van der Waals surface area contributed by atoms with Crippen molar-refractivity contribution in [2.45, 2.75) is 0 Å². The van der Waals surface area contributed by atoms with Crippen LogP contribution in [-0.4, -0.2) is 18.0 Å². The Labute approximate surface area is 117 Å². The fourth-order valence-corrected chi connectivity index (χ4v) is 2.59. The molecule has 0 saturated heterocycles. The molecule has 0 N–H and O–H groups in total. The van der Waals surface area contributed by atoms with Crippen LogP contribution in [0.1, 0.15) is 10.4 Å². The van der Waals surface area contributed by atoms with Crippen LogP contribution in [0, 0.1) is 10.1 Å². The zero-order valence-corrected chi connectivity index (χ0v) is 11.3. The number of nitro benzene ring substituents is 1. The maximum absolute atomic E-state index is 11.5. The van der Waals surface area contributed by atoms with E-state index in [9.17, 15) is 14.9 Å². The second-order valence-electron chi connectivity index (χ2n) is 3.62. The van der Waals surface area contributed by atoms with Gasteiger partial charge in [0.05, 0.1) is 21.9 Å². The van der Waals surface area contributed by atoms with Gasteiger partial charge < -0.3 is 4.74 Å². The Morgan fingerprint density at radius 1 is 1.37 bits per heavy atom. The molecule has 0 spiro atoms. The van der Waals surface area contributed by atoms with Crippen LogP contribution in [0.3, 0.4) is 0 Å². The number of carbonyl (C=O) groups is 1. The highest BCUT2D eigenvalue weighted by molar-refractivity contribution is 7.19. The molecule has 2 rings (SSSR count). The molecular formula is C12H8ClNO4S.